The molecule has 3 aromatic rings. The largest absolute Gasteiger partial charge is 0.387 e. The molecule has 0 spiro atoms. The summed E-state index contributed by atoms with van der Waals surface area (Å²) in [6, 6.07) is 22.6. The first-order valence-corrected chi connectivity index (χ1v) is 6.65. The van der Waals surface area contributed by atoms with Crippen LogP contribution < -0.4 is 5.32 Å². The first-order valence-electron chi connectivity index (χ1n) is 6.65. The summed E-state index contributed by atoms with van der Waals surface area (Å²) in [5, 5.41) is 5.62. The summed E-state index contributed by atoms with van der Waals surface area (Å²) in [6.45, 7) is 0. The van der Waals surface area contributed by atoms with Crippen molar-refractivity contribution < 1.29 is 0 Å². The van der Waals surface area contributed by atoms with Crippen LogP contribution in [0, 0.1) is 11.8 Å². The van der Waals surface area contributed by atoms with Crippen LogP contribution >= 0.6 is 0 Å². The van der Waals surface area contributed by atoms with Gasteiger partial charge in [-0.3, -0.25) is 0 Å². The van der Waals surface area contributed by atoms with Crippen LogP contribution in [0.15, 0.2) is 66.7 Å². The Balaban J connectivity index is 2.17. The lowest BCUT2D eigenvalue weighted by atomic mass is 10.0. The molecule has 20 heavy (non-hydrogen) atoms. The fourth-order valence-electron chi connectivity index (χ4n) is 2.27. The van der Waals surface area contributed by atoms with Crippen molar-refractivity contribution >= 4 is 16.5 Å². The van der Waals surface area contributed by atoms with Crippen LogP contribution in [0.4, 0.5) is 5.69 Å². The third-order valence-corrected chi connectivity index (χ3v) is 3.30. The lowest BCUT2D eigenvalue weighted by Gasteiger charge is -2.07. The van der Waals surface area contributed by atoms with Crippen LogP contribution in [-0.2, 0) is 0 Å². The van der Waals surface area contributed by atoms with Gasteiger partial charge in [0.15, 0.2) is 0 Å². The summed E-state index contributed by atoms with van der Waals surface area (Å²) in [5.41, 5.74) is 3.14. The van der Waals surface area contributed by atoms with Gasteiger partial charge in [0.05, 0.1) is 11.3 Å². The van der Waals surface area contributed by atoms with Crippen molar-refractivity contribution in [2.75, 3.05) is 12.4 Å². The van der Waals surface area contributed by atoms with E-state index in [-0.39, 0.29) is 0 Å². The van der Waals surface area contributed by atoms with Crippen molar-refractivity contribution in [2.24, 2.45) is 0 Å². The van der Waals surface area contributed by atoms with Crippen molar-refractivity contribution in [1.82, 2.24) is 0 Å². The summed E-state index contributed by atoms with van der Waals surface area (Å²) in [4.78, 5) is 0. The molecule has 1 N–H and O–H groups in total. The molecule has 0 aliphatic rings. The molecule has 0 unspecified atom stereocenters. The SMILES string of the molecule is CNc1ccc2ccccc2c1C#Cc1ccccc1. The maximum absolute atomic E-state index is 3.31. The van der Waals surface area contributed by atoms with E-state index < -0.39 is 0 Å². The molecule has 0 saturated carbocycles. The highest BCUT2D eigenvalue weighted by Crippen LogP contribution is 2.25. The Morgan fingerprint density at radius 2 is 1.50 bits per heavy atom. The zero-order valence-electron chi connectivity index (χ0n) is 11.4. The fourth-order valence-corrected chi connectivity index (χ4v) is 2.27. The quantitative estimate of drug-likeness (QED) is 0.641. The normalized spacial score (nSPS) is 9.85. The summed E-state index contributed by atoms with van der Waals surface area (Å²) < 4.78 is 0. The van der Waals surface area contributed by atoms with E-state index in [9.17, 15) is 0 Å². The van der Waals surface area contributed by atoms with Gasteiger partial charge in [-0.25, -0.2) is 0 Å². The van der Waals surface area contributed by atoms with Crippen LogP contribution in [-0.4, -0.2) is 7.05 Å². The Labute approximate surface area is 119 Å². The third kappa shape index (κ3) is 2.37. The van der Waals surface area contributed by atoms with Gasteiger partial charge < -0.3 is 5.32 Å². The van der Waals surface area contributed by atoms with Crippen molar-refractivity contribution in [3.63, 3.8) is 0 Å². The van der Waals surface area contributed by atoms with Gasteiger partial charge in [0.25, 0.3) is 0 Å². The second-order valence-corrected chi connectivity index (χ2v) is 4.58. The highest BCUT2D eigenvalue weighted by atomic mass is 14.8. The Hall–Kier alpha value is -2.72. The third-order valence-electron chi connectivity index (χ3n) is 3.30. The van der Waals surface area contributed by atoms with Crippen LogP contribution in [0.2, 0.25) is 0 Å². The maximum Gasteiger partial charge on any atom is 0.0558 e. The topological polar surface area (TPSA) is 12.0 Å². The second-order valence-electron chi connectivity index (χ2n) is 4.58. The standard InChI is InChI=1S/C19H15N/c1-20-19-14-12-16-9-5-6-10-17(16)18(19)13-11-15-7-3-2-4-8-15/h2-10,12,14,20H,1H3. The zero-order chi connectivity index (χ0) is 13.8. The summed E-state index contributed by atoms with van der Waals surface area (Å²) in [6.07, 6.45) is 0. The van der Waals surface area contributed by atoms with E-state index in [1.807, 2.05) is 37.4 Å². The lowest BCUT2D eigenvalue weighted by Crippen LogP contribution is -1.93. The van der Waals surface area contributed by atoms with Crippen LogP contribution in [0.25, 0.3) is 10.8 Å². The minimum Gasteiger partial charge on any atom is -0.387 e. The highest BCUT2D eigenvalue weighted by Gasteiger charge is 2.03. The van der Waals surface area contributed by atoms with Crippen LogP contribution in [0.5, 0.6) is 0 Å². The number of anilines is 1. The summed E-state index contributed by atoms with van der Waals surface area (Å²) >= 11 is 0. The molecule has 3 rings (SSSR count). The van der Waals surface area contributed by atoms with E-state index in [2.05, 4.69) is 53.6 Å². The molecule has 0 radical (unpaired) electrons. The van der Waals surface area contributed by atoms with E-state index in [1.165, 1.54) is 10.8 Å². The molecule has 0 amide bonds. The molecule has 96 valence electrons. The van der Waals surface area contributed by atoms with Gasteiger partial charge in [-0.15, -0.1) is 0 Å². The minimum atomic E-state index is 1.03. The van der Waals surface area contributed by atoms with Crippen LogP contribution in [0.1, 0.15) is 11.1 Å². The van der Waals surface area contributed by atoms with Gasteiger partial charge in [0.2, 0.25) is 0 Å². The molecule has 0 bridgehead atoms. The molecular weight excluding hydrogens is 242 g/mol. The van der Waals surface area contributed by atoms with Gasteiger partial charge in [-0.2, -0.15) is 0 Å². The van der Waals surface area contributed by atoms with E-state index >= 15 is 0 Å². The van der Waals surface area contributed by atoms with E-state index in [0.717, 1.165) is 16.8 Å². The predicted octanol–water partition coefficient (Wildman–Crippen LogP) is 4.28. The van der Waals surface area contributed by atoms with Crippen molar-refractivity contribution in [2.45, 2.75) is 0 Å². The molecule has 1 heteroatoms. The number of rotatable bonds is 1. The molecule has 0 saturated heterocycles. The molecule has 0 aliphatic carbocycles. The molecular formula is C19H15N. The smallest absolute Gasteiger partial charge is 0.0558 e. The molecule has 0 atom stereocenters. The number of hydrogen-bond acceptors (Lipinski definition) is 1. The number of fused-ring (bicyclic) bond motifs is 1. The molecule has 3 aromatic carbocycles. The zero-order valence-corrected chi connectivity index (χ0v) is 11.4. The highest BCUT2D eigenvalue weighted by molar-refractivity contribution is 5.93. The number of benzene rings is 3. The van der Waals surface area contributed by atoms with Crippen LogP contribution in [0.3, 0.4) is 0 Å². The van der Waals surface area contributed by atoms with E-state index in [4.69, 9.17) is 0 Å². The Morgan fingerprint density at radius 3 is 2.30 bits per heavy atom. The van der Waals surface area contributed by atoms with E-state index in [0.29, 0.717) is 0 Å². The predicted molar refractivity (Wildman–Crippen MR) is 85.9 cm³/mol. The molecule has 0 aromatic heterocycles. The van der Waals surface area contributed by atoms with Crippen molar-refractivity contribution in [3.05, 3.63) is 77.9 Å². The lowest BCUT2D eigenvalue weighted by molar-refractivity contribution is 1.51. The Bertz CT molecular complexity index is 792. The number of nitrogens with one attached hydrogen (secondary N) is 1. The fraction of sp³-hybridized carbons (Fsp3) is 0.0526. The van der Waals surface area contributed by atoms with Crippen molar-refractivity contribution in [3.8, 4) is 11.8 Å². The molecule has 0 aliphatic heterocycles. The van der Waals surface area contributed by atoms with E-state index in [1.54, 1.807) is 0 Å². The number of hydrogen-bond donors (Lipinski definition) is 1. The molecule has 0 fully saturated rings. The van der Waals surface area contributed by atoms with Crippen molar-refractivity contribution in [1.29, 1.82) is 0 Å². The van der Waals surface area contributed by atoms with Gasteiger partial charge in [0, 0.05) is 12.6 Å². The van der Waals surface area contributed by atoms with Gasteiger partial charge in [-0.05, 0) is 29.0 Å². The maximum atomic E-state index is 3.31. The monoisotopic (exact) mass is 257 g/mol. The Morgan fingerprint density at radius 1 is 0.750 bits per heavy atom. The molecule has 0 heterocycles. The van der Waals surface area contributed by atoms with Gasteiger partial charge >= 0.3 is 0 Å². The van der Waals surface area contributed by atoms with Gasteiger partial charge in [-0.1, -0.05) is 60.4 Å². The minimum absolute atomic E-state index is 1.03. The summed E-state index contributed by atoms with van der Waals surface area (Å²) in [7, 11) is 1.93. The summed E-state index contributed by atoms with van der Waals surface area (Å²) in [5.74, 6) is 6.55. The first-order chi connectivity index (χ1) is 9.88. The first kappa shape index (κ1) is 12.3. The molecule has 1 nitrogen and oxygen atoms in total. The Kier molecular flexibility index (Phi) is 3.39. The average Bonchev–Trinajstić information content (AvgIpc) is 2.53. The average molecular weight is 257 g/mol. The second kappa shape index (κ2) is 5.50. The van der Waals surface area contributed by atoms with Gasteiger partial charge in [0.1, 0.15) is 0 Å².